The zero-order chi connectivity index (χ0) is 13.2. The van der Waals surface area contributed by atoms with Crippen LogP contribution in [0.4, 0.5) is 4.79 Å². The summed E-state index contributed by atoms with van der Waals surface area (Å²) in [6, 6.07) is -1.08. The number of rotatable bonds is 3. The smallest absolute Gasteiger partial charge is 0.326 e. The zero-order valence-electron chi connectivity index (χ0n) is 10.5. The van der Waals surface area contributed by atoms with Gasteiger partial charge in [0.2, 0.25) is 0 Å². The minimum Gasteiger partial charge on any atom is -0.480 e. The summed E-state index contributed by atoms with van der Waals surface area (Å²) in [6.45, 7) is 3.76. The van der Waals surface area contributed by atoms with E-state index < -0.39 is 17.6 Å². The number of likely N-dealkylation sites (N-methyl/N-ethyl adjacent to an activating group) is 1. The molecule has 0 aromatic carbocycles. The van der Waals surface area contributed by atoms with Crippen molar-refractivity contribution >= 4 is 12.0 Å². The Bertz CT molecular complexity index is 317. The molecule has 6 nitrogen and oxygen atoms in total. The van der Waals surface area contributed by atoms with Crippen molar-refractivity contribution in [1.29, 1.82) is 0 Å². The predicted octanol–water partition coefficient (Wildman–Crippen LogP) is 0.358. The number of urea groups is 1. The summed E-state index contributed by atoms with van der Waals surface area (Å²) >= 11 is 0. The number of carboxylic acids is 1. The second kappa shape index (κ2) is 4.91. The summed E-state index contributed by atoms with van der Waals surface area (Å²) in [4.78, 5) is 25.9. The largest absolute Gasteiger partial charge is 0.480 e. The number of amides is 2. The summed E-state index contributed by atoms with van der Waals surface area (Å²) in [6.07, 6.45) is 1.20. The maximum atomic E-state index is 12.1. The lowest BCUT2D eigenvalue weighted by atomic mass is 10.1. The van der Waals surface area contributed by atoms with Gasteiger partial charge in [-0.1, -0.05) is 0 Å². The van der Waals surface area contributed by atoms with Crippen LogP contribution in [-0.2, 0) is 4.79 Å². The van der Waals surface area contributed by atoms with Crippen LogP contribution in [0.5, 0.6) is 0 Å². The van der Waals surface area contributed by atoms with Crippen LogP contribution in [0.3, 0.4) is 0 Å². The number of hydrogen-bond donors (Lipinski definition) is 2. The Hall–Kier alpha value is -1.30. The molecule has 0 radical (unpaired) electrons. The van der Waals surface area contributed by atoms with Crippen molar-refractivity contribution in [3.05, 3.63) is 0 Å². The zero-order valence-corrected chi connectivity index (χ0v) is 10.5. The number of hydrogen-bond acceptors (Lipinski definition) is 3. The van der Waals surface area contributed by atoms with Gasteiger partial charge >= 0.3 is 12.0 Å². The normalized spacial score (nSPS) is 20.5. The highest BCUT2D eigenvalue weighted by molar-refractivity contribution is 5.83. The molecule has 1 aliphatic heterocycles. The summed E-state index contributed by atoms with van der Waals surface area (Å²) in [5.41, 5.74) is -0.692. The lowest BCUT2D eigenvalue weighted by Gasteiger charge is -2.37. The maximum Gasteiger partial charge on any atom is 0.326 e. The molecule has 0 aromatic heterocycles. The predicted molar refractivity (Wildman–Crippen MR) is 61.7 cm³/mol. The second-order valence-corrected chi connectivity index (χ2v) is 5.00. The van der Waals surface area contributed by atoms with Gasteiger partial charge in [0.25, 0.3) is 0 Å². The van der Waals surface area contributed by atoms with E-state index >= 15 is 0 Å². The first-order chi connectivity index (χ1) is 7.81. The third-order valence-corrected chi connectivity index (χ3v) is 3.37. The van der Waals surface area contributed by atoms with Crippen molar-refractivity contribution in [3.8, 4) is 0 Å². The van der Waals surface area contributed by atoms with Crippen LogP contribution in [0.15, 0.2) is 0 Å². The van der Waals surface area contributed by atoms with Gasteiger partial charge in [0.15, 0.2) is 0 Å². The molecule has 0 saturated carbocycles. The fraction of sp³-hybridized carbons (Fsp3) is 0.818. The van der Waals surface area contributed by atoms with Crippen LogP contribution < -0.4 is 0 Å². The van der Waals surface area contributed by atoms with E-state index in [2.05, 4.69) is 0 Å². The fourth-order valence-corrected chi connectivity index (χ4v) is 1.81. The van der Waals surface area contributed by atoms with Gasteiger partial charge in [-0.05, 0) is 26.7 Å². The molecule has 1 atom stereocenters. The highest BCUT2D eigenvalue weighted by Gasteiger charge is 2.38. The Morgan fingerprint density at radius 1 is 1.47 bits per heavy atom. The molecule has 1 aliphatic rings. The van der Waals surface area contributed by atoms with E-state index in [-0.39, 0.29) is 12.6 Å². The fourth-order valence-electron chi connectivity index (χ4n) is 1.81. The Morgan fingerprint density at radius 2 is 2.06 bits per heavy atom. The maximum absolute atomic E-state index is 12.1. The molecular formula is C11H20N2O4. The van der Waals surface area contributed by atoms with E-state index in [1.807, 2.05) is 0 Å². The van der Waals surface area contributed by atoms with Crippen molar-refractivity contribution < 1.29 is 19.8 Å². The average Bonchev–Trinajstić information content (AvgIpc) is 2.75. The van der Waals surface area contributed by atoms with E-state index in [1.165, 1.54) is 9.80 Å². The van der Waals surface area contributed by atoms with Crippen LogP contribution in [-0.4, -0.2) is 63.8 Å². The number of carboxylic acid groups (broad SMARTS) is 1. The van der Waals surface area contributed by atoms with Crippen molar-refractivity contribution in [2.75, 3.05) is 20.2 Å². The van der Waals surface area contributed by atoms with E-state index in [0.29, 0.717) is 19.4 Å². The molecule has 6 heteroatoms. The first kappa shape index (κ1) is 13.8. The number of aliphatic carboxylic acids is 1. The highest BCUT2D eigenvalue weighted by Crippen LogP contribution is 2.22. The molecule has 0 aliphatic carbocycles. The first-order valence-corrected chi connectivity index (χ1v) is 5.69. The summed E-state index contributed by atoms with van der Waals surface area (Å²) in [7, 11) is 1.58. The topological polar surface area (TPSA) is 81.1 Å². The number of carbonyl (C=O) groups excluding carboxylic acids is 1. The Labute approximate surface area is 101 Å². The SMILES string of the molecule is CN(C(=O)N1CCC[C@H]1C(=O)O)C(C)(C)CO. The highest BCUT2D eigenvalue weighted by atomic mass is 16.4. The van der Waals surface area contributed by atoms with E-state index in [9.17, 15) is 14.7 Å². The van der Waals surface area contributed by atoms with E-state index in [4.69, 9.17) is 5.11 Å². The van der Waals surface area contributed by atoms with Gasteiger partial charge in [-0.3, -0.25) is 0 Å². The van der Waals surface area contributed by atoms with Gasteiger partial charge < -0.3 is 20.0 Å². The van der Waals surface area contributed by atoms with Gasteiger partial charge in [0, 0.05) is 13.6 Å². The molecule has 1 heterocycles. The minimum atomic E-state index is -0.967. The third kappa shape index (κ3) is 2.69. The lowest BCUT2D eigenvalue weighted by molar-refractivity contribution is -0.141. The molecule has 1 saturated heterocycles. The standard InChI is InChI=1S/C11H20N2O4/c1-11(2,7-14)12(3)10(17)13-6-4-5-8(13)9(15)16/h8,14H,4-7H2,1-3H3,(H,15,16)/t8-/m0/s1. The molecule has 2 amide bonds. The molecule has 0 aromatic rings. The molecule has 1 rings (SSSR count). The Balaban J connectivity index is 2.79. The Kier molecular flexibility index (Phi) is 3.98. The Morgan fingerprint density at radius 3 is 2.53 bits per heavy atom. The summed E-state index contributed by atoms with van der Waals surface area (Å²) in [5.74, 6) is -0.967. The van der Waals surface area contributed by atoms with Gasteiger partial charge in [-0.25, -0.2) is 9.59 Å². The van der Waals surface area contributed by atoms with Crippen molar-refractivity contribution in [2.24, 2.45) is 0 Å². The molecule has 0 spiro atoms. The van der Waals surface area contributed by atoms with Crippen molar-refractivity contribution in [2.45, 2.75) is 38.3 Å². The van der Waals surface area contributed by atoms with Crippen LogP contribution in [0.2, 0.25) is 0 Å². The van der Waals surface area contributed by atoms with Crippen LogP contribution >= 0.6 is 0 Å². The van der Waals surface area contributed by atoms with Gasteiger partial charge in [0.05, 0.1) is 12.1 Å². The van der Waals surface area contributed by atoms with Gasteiger partial charge in [-0.2, -0.15) is 0 Å². The quantitative estimate of drug-likeness (QED) is 0.751. The van der Waals surface area contributed by atoms with Crippen molar-refractivity contribution in [1.82, 2.24) is 9.80 Å². The third-order valence-electron chi connectivity index (χ3n) is 3.37. The molecule has 1 fully saturated rings. The number of nitrogens with zero attached hydrogens (tertiary/aromatic N) is 2. The summed E-state index contributed by atoms with van der Waals surface area (Å²) in [5, 5.41) is 18.2. The molecular weight excluding hydrogens is 224 g/mol. The number of aliphatic hydroxyl groups excluding tert-OH is 1. The van der Waals surface area contributed by atoms with Gasteiger partial charge in [0.1, 0.15) is 6.04 Å². The van der Waals surface area contributed by atoms with E-state index in [0.717, 1.165) is 0 Å². The van der Waals surface area contributed by atoms with Crippen molar-refractivity contribution in [3.63, 3.8) is 0 Å². The van der Waals surface area contributed by atoms with Gasteiger partial charge in [-0.15, -0.1) is 0 Å². The minimum absolute atomic E-state index is 0.166. The molecule has 2 N–H and O–H groups in total. The van der Waals surface area contributed by atoms with Crippen LogP contribution in [0.25, 0.3) is 0 Å². The first-order valence-electron chi connectivity index (χ1n) is 5.69. The molecule has 0 bridgehead atoms. The lowest BCUT2D eigenvalue weighted by Crippen LogP contribution is -2.55. The molecule has 98 valence electrons. The van der Waals surface area contributed by atoms with E-state index in [1.54, 1.807) is 20.9 Å². The number of likely N-dealkylation sites (tertiary alicyclic amines) is 1. The molecule has 17 heavy (non-hydrogen) atoms. The van der Waals surface area contributed by atoms with Crippen LogP contribution in [0.1, 0.15) is 26.7 Å². The molecule has 0 unspecified atom stereocenters. The average molecular weight is 244 g/mol. The number of carbonyl (C=O) groups is 2. The monoisotopic (exact) mass is 244 g/mol. The van der Waals surface area contributed by atoms with Crippen LogP contribution in [0, 0.1) is 0 Å². The summed E-state index contributed by atoms with van der Waals surface area (Å²) < 4.78 is 0. The second-order valence-electron chi connectivity index (χ2n) is 5.00. The number of aliphatic hydroxyl groups is 1.